The summed E-state index contributed by atoms with van der Waals surface area (Å²) in [7, 11) is 0. The van der Waals surface area contributed by atoms with Crippen molar-refractivity contribution in [3.8, 4) is 0 Å². The van der Waals surface area contributed by atoms with Crippen LogP contribution in [0, 0.1) is 10.1 Å². The van der Waals surface area contributed by atoms with Gasteiger partial charge in [0.2, 0.25) is 0 Å². The number of nitro groups is 1. The number of hydrogen-bond acceptors (Lipinski definition) is 3. The number of rotatable bonds is 4. The van der Waals surface area contributed by atoms with Crippen molar-refractivity contribution >= 4 is 38.2 Å². The third-order valence-electron chi connectivity index (χ3n) is 3.31. The van der Waals surface area contributed by atoms with Gasteiger partial charge in [0.1, 0.15) is 0 Å². The Morgan fingerprint density at radius 1 is 1.24 bits per heavy atom. The van der Waals surface area contributed by atoms with E-state index in [0.717, 1.165) is 11.2 Å². The quantitative estimate of drug-likeness (QED) is 0.542. The van der Waals surface area contributed by atoms with Crippen LogP contribution in [0.3, 0.4) is 0 Å². The minimum absolute atomic E-state index is 0.0632. The molecule has 0 saturated heterocycles. The normalized spacial score (nSPS) is 10.7. The van der Waals surface area contributed by atoms with Gasteiger partial charge in [-0.15, -0.1) is 0 Å². The molecule has 0 amide bonds. The third kappa shape index (κ3) is 2.75. The maximum absolute atomic E-state index is 10.8. The molecule has 1 heterocycles. The van der Waals surface area contributed by atoms with E-state index in [1.807, 2.05) is 24.4 Å². The average Bonchev–Trinajstić information content (AvgIpc) is 2.93. The number of aromatic amines is 1. The average molecular weight is 346 g/mol. The van der Waals surface area contributed by atoms with Crippen LogP contribution in [0.4, 0.5) is 11.4 Å². The van der Waals surface area contributed by atoms with Gasteiger partial charge in [0.25, 0.3) is 5.69 Å². The Balaban J connectivity index is 1.80. The van der Waals surface area contributed by atoms with E-state index in [9.17, 15) is 10.1 Å². The molecule has 106 valence electrons. The van der Waals surface area contributed by atoms with Crippen LogP contribution < -0.4 is 5.32 Å². The predicted octanol–water partition coefficient (Wildman–Crippen LogP) is 4.45. The highest BCUT2D eigenvalue weighted by atomic mass is 79.9. The van der Waals surface area contributed by atoms with Crippen molar-refractivity contribution in [2.45, 2.75) is 6.54 Å². The van der Waals surface area contributed by atoms with Crippen molar-refractivity contribution in [1.82, 2.24) is 4.98 Å². The van der Waals surface area contributed by atoms with E-state index < -0.39 is 4.92 Å². The first kappa shape index (κ1) is 13.6. The van der Waals surface area contributed by atoms with Crippen molar-refractivity contribution in [2.75, 3.05) is 5.32 Å². The first-order valence-corrected chi connectivity index (χ1v) is 7.17. The van der Waals surface area contributed by atoms with Gasteiger partial charge in [0.05, 0.1) is 9.40 Å². The molecule has 5 nitrogen and oxygen atoms in total. The van der Waals surface area contributed by atoms with Crippen LogP contribution in [-0.2, 0) is 6.54 Å². The molecule has 0 atom stereocenters. The van der Waals surface area contributed by atoms with Crippen molar-refractivity contribution in [1.29, 1.82) is 0 Å². The lowest BCUT2D eigenvalue weighted by Crippen LogP contribution is -2.00. The van der Waals surface area contributed by atoms with Crippen molar-refractivity contribution in [3.63, 3.8) is 0 Å². The van der Waals surface area contributed by atoms with E-state index in [1.54, 1.807) is 12.1 Å². The fraction of sp³-hybridized carbons (Fsp3) is 0.0667. The van der Waals surface area contributed by atoms with E-state index in [1.165, 1.54) is 17.0 Å². The molecule has 1 aromatic heterocycles. The van der Waals surface area contributed by atoms with Gasteiger partial charge in [-0.2, -0.15) is 0 Å². The summed E-state index contributed by atoms with van der Waals surface area (Å²) in [5.41, 5.74) is 3.16. The van der Waals surface area contributed by atoms with Crippen LogP contribution in [0.25, 0.3) is 10.9 Å². The van der Waals surface area contributed by atoms with Crippen LogP contribution in [0.5, 0.6) is 0 Å². The van der Waals surface area contributed by atoms with Gasteiger partial charge in [0.15, 0.2) is 0 Å². The van der Waals surface area contributed by atoms with Gasteiger partial charge in [-0.3, -0.25) is 10.1 Å². The molecular weight excluding hydrogens is 334 g/mol. The monoisotopic (exact) mass is 345 g/mol. The van der Waals surface area contributed by atoms with Gasteiger partial charge in [-0.25, -0.2) is 0 Å². The highest BCUT2D eigenvalue weighted by Crippen LogP contribution is 2.28. The standard InChI is InChI=1S/C15H12BrN3O2/c16-13-8-11(4-5-15(13)19(20)21)18-9-10-2-1-3-14-12(10)6-7-17-14/h1-8,17-18H,9H2. The number of H-pyrrole nitrogens is 1. The Morgan fingerprint density at radius 3 is 2.86 bits per heavy atom. The molecule has 2 aromatic carbocycles. The second kappa shape index (κ2) is 5.57. The SMILES string of the molecule is O=[N+]([O-])c1ccc(NCc2cccc3[nH]ccc23)cc1Br. The maximum Gasteiger partial charge on any atom is 0.283 e. The zero-order chi connectivity index (χ0) is 14.8. The van der Waals surface area contributed by atoms with Crippen LogP contribution >= 0.6 is 15.9 Å². The number of nitrogens with zero attached hydrogens (tertiary/aromatic N) is 1. The molecule has 0 aliphatic rings. The van der Waals surface area contributed by atoms with E-state index in [2.05, 4.69) is 32.3 Å². The number of hydrogen-bond donors (Lipinski definition) is 2. The van der Waals surface area contributed by atoms with E-state index in [0.29, 0.717) is 11.0 Å². The number of nitro benzene ring substituents is 1. The van der Waals surface area contributed by atoms with E-state index in [4.69, 9.17) is 0 Å². The third-order valence-corrected chi connectivity index (χ3v) is 3.95. The molecule has 0 radical (unpaired) electrons. The van der Waals surface area contributed by atoms with E-state index in [-0.39, 0.29) is 5.69 Å². The molecule has 2 N–H and O–H groups in total. The van der Waals surface area contributed by atoms with E-state index >= 15 is 0 Å². The number of fused-ring (bicyclic) bond motifs is 1. The molecule has 0 fully saturated rings. The number of aromatic nitrogens is 1. The highest BCUT2D eigenvalue weighted by molar-refractivity contribution is 9.10. The van der Waals surface area contributed by atoms with Gasteiger partial charge in [0, 0.05) is 35.4 Å². The Kier molecular flexibility index (Phi) is 3.62. The topological polar surface area (TPSA) is 71.0 Å². The summed E-state index contributed by atoms with van der Waals surface area (Å²) in [6.07, 6.45) is 1.91. The van der Waals surface area contributed by atoms with Gasteiger partial charge >= 0.3 is 0 Å². The molecule has 0 aliphatic heterocycles. The fourth-order valence-corrected chi connectivity index (χ4v) is 2.79. The molecule has 0 unspecified atom stereocenters. The number of nitrogens with one attached hydrogen (secondary N) is 2. The number of benzene rings is 2. The maximum atomic E-state index is 10.8. The highest BCUT2D eigenvalue weighted by Gasteiger charge is 2.11. The zero-order valence-corrected chi connectivity index (χ0v) is 12.6. The predicted molar refractivity (Wildman–Crippen MR) is 86.4 cm³/mol. The smallest absolute Gasteiger partial charge is 0.283 e. The van der Waals surface area contributed by atoms with Crippen molar-refractivity contribution in [2.24, 2.45) is 0 Å². The first-order valence-electron chi connectivity index (χ1n) is 6.38. The molecule has 0 bridgehead atoms. The minimum atomic E-state index is -0.408. The summed E-state index contributed by atoms with van der Waals surface area (Å²) in [4.78, 5) is 13.5. The number of anilines is 1. The molecule has 0 aliphatic carbocycles. The first-order chi connectivity index (χ1) is 10.1. The molecule has 0 spiro atoms. The van der Waals surface area contributed by atoms with Crippen molar-refractivity contribution < 1.29 is 4.92 Å². The zero-order valence-electron chi connectivity index (χ0n) is 11.0. The summed E-state index contributed by atoms with van der Waals surface area (Å²) >= 11 is 3.22. The number of halogens is 1. The summed E-state index contributed by atoms with van der Waals surface area (Å²) in [5, 5.41) is 15.2. The molecule has 6 heteroatoms. The minimum Gasteiger partial charge on any atom is -0.381 e. The fourth-order valence-electron chi connectivity index (χ4n) is 2.27. The van der Waals surface area contributed by atoms with Gasteiger partial charge in [-0.05, 0) is 45.8 Å². The lowest BCUT2D eigenvalue weighted by Gasteiger charge is -2.08. The summed E-state index contributed by atoms with van der Waals surface area (Å²) in [6, 6.07) is 13.0. The second-order valence-electron chi connectivity index (χ2n) is 4.63. The second-order valence-corrected chi connectivity index (χ2v) is 5.49. The summed E-state index contributed by atoms with van der Waals surface area (Å²) in [6.45, 7) is 0.652. The van der Waals surface area contributed by atoms with Crippen LogP contribution in [0.15, 0.2) is 53.1 Å². The Labute approximate surface area is 129 Å². The summed E-state index contributed by atoms with van der Waals surface area (Å²) in [5.74, 6) is 0. The summed E-state index contributed by atoms with van der Waals surface area (Å²) < 4.78 is 0.470. The Morgan fingerprint density at radius 2 is 2.10 bits per heavy atom. The van der Waals surface area contributed by atoms with Crippen LogP contribution in [0.2, 0.25) is 0 Å². The molecular formula is C15H12BrN3O2. The lowest BCUT2D eigenvalue weighted by molar-refractivity contribution is -0.385. The van der Waals surface area contributed by atoms with Gasteiger partial charge in [-0.1, -0.05) is 12.1 Å². The molecule has 21 heavy (non-hydrogen) atoms. The van der Waals surface area contributed by atoms with Crippen LogP contribution in [0.1, 0.15) is 5.56 Å². The molecule has 3 rings (SSSR count). The van der Waals surface area contributed by atoms with Gasteiger partial charge < -0.3 is 10.3 Å². The Bertz CT molecular complexity index is 814. The Hall–Kier alpha value is -2.34. The van der Waals surface area contributed by atoms with Crippen molar-refractivity contribution in [3.05, 3.63) is 68.8 Å². The molecule has 0 saturated carbocycles. The molecule has 3 aromatic rings. The largest absolute Gasteiger partial charge is 0.381 e. The van der Waals surface area contributed by atoms with Crippen LogP contribution in [-0.4, -0.2) is 9.91 Å². The lowest BCUT2D eigenvalue weighted by atomic mass is 10.1.